The maximum absolute atomic E-state index is 5.18. The van der Waals surface area contributed by atoms with Crippen LogP contribution in [-0.2, 0) is 0 Å². The Kier molecular flexibility index (Phi) is 1.06. The van der Waals surface area contributed by atoms with Gasteiger partial charge in [-0.15, -0.1) is 0 Å². The van der Waals surface area contributed by atoms with Gasteiger partial charge in [-0.05, 0) is 22.0 Å². The normalized spacial score (nSPS) is 9.29. The molecular formula is C4H4BrNO. The van der Waals surface area contributed by atoms with Crippen LogP contribution in [-0.4, -0.2) is 0 Å². The van der Waals surface area contributed by atoms with Gasteiger partial charge in [-0.2, -0.15) is 0 Å². The maximum atomic E-state index is 5.18. The summed E-state index contributed by atoms with van der Waals surface area (Å²) in [4.78, 5) is 0. The van der Waals surface area contributed by atoms with Gasteiger partial charge >= 0.3 is 0 Å². The molecule has 2 N–H and O–H groups in total. The molecule has 1 aromatic rings. The molecule has 0 aliphatic heterocycles. The summed E-state index contributed by atoms with van der Waals surface area (Å²) >= 11 is 3.09. The van der Waals surface area contributed by atoms with Crippen LogP contribution >= 0.6 is 15.9 Å². The molecule has 7 heavy (non-hydrogen) atoms. The number of rotatable bonds is 0. The SMILES string of the molecule is Nc1ccc(Br)o1. The fraction of sp³-hybridized carbons (Fsp3) is 0. The second-order valence-corrected chi connectivity index (χ2v) is 1.92. The highest BCUT2D eigenvalue weighted by Gasteiger charge is 1.88. The van der Waals surface area contributed by atoms with Gasteiger partial charge in [-0.3, -0.25) is 0 Å². The van der Waals surface area contributed by atoms with Crippen molar-refractivity contribution in [3.63, 3.8) is 0 Å². The van der Waals surface area contributed by atoms with Crippen LogP contribution in [0.5, 0.6) is 0 Å². The zero-order chi connectivity index (χ0) is 5.28. The molecular weight excluding hydrogens is 158 g/mol. The topological polar surface area (TPSA) is 39.2 Å². The molecule has 0 saturated heterocycles. The highest BCUT2D eigenvalue weighted by molar-refractivity contribution is 9.10. The molecule has 1 aromatic heterocycles. The van der Waals surface area contributed by atoms with Crippen LogP contribution in [0.3, 0.4) is 0 Å². The number of nitrogen functional groups attached to an aromatic ring is 1. The number of hydrogen-bond acceptors (Lipinski definition) is 2. The van der Waals surface area contributed by atoms with Gasteiger partial charge in [0.1, 0.15) is 0 Å². The first-order chi connectivity index (χ1) is 3.29. The van der Waals surface area contributed by atoms with Crippen LogP contribution in [0.25, 0.3) is 0 Å². The quantitative estimate of drug-likeness (QED) is 0.629. The van der Waals surface area contributed by atoms with Gasteiger partial charge in [-0.25, -0.2) is 0 Å². The van der Waals surface area contributed by atoms with Crippen LogP contribution in [0.4, 0.5) is 5.88 Å². The van der Waals surface area contributed by atoms with E-state index in [0.29, 0.717) is 10.6 Å². The Labute approximate surface area is 49.4 Å². The van der Waals surface area contributed by atoms with Gasteiger partial charge in [-0.1, -0.05) is 0 Å². The zero-order valence-corrected chi connectivity index (χ0v) is 5.10. The van der Waals surface area contributed by atoms with Crippen molar-refractivity contribution >= 4 is 21.8 Å². The van der Waals surface area contributed by atoms with Gasteiger partial charge < -0.3 is 10.2 Å². The molecule has 0 saturated carbocycles. The number of furan rings is 1. The van der Waals surface area contributed by atoms with E-state index in [4.69, 9.17) is 10.2 Å². The van der Waals surface area contributed by atoms with E-state index >= 15 is 0 Å². The Hall–Kier alpha value is -0.440. The molecule has 0 aliphatic rings. The summed E-state index contributed by atoms with van der Waals surface area (Å²) in [5.41, 5.74) is 5.18. The van der Waals surface area contributed by atoms with Gasteiger partial charge in [0, 0.05) is 6.07 Å². The standard InChI is InChI=1S/C4H4BrNO/c5-3-1-2-4(6)7-3/h1-2H,6H2. The second-order valence-electron chi connectivity index (χ2n) is 1.14. The third kappa shape index (κ3) is 0.962. The Morgan fingerprint density at radius 2 is 2.29 bits per heavy atom. The average molecular weight is 162 g/mol. The van der Waals surface area contributed by atoms with E-state index < -0.39 is 0 Å². The maximum Gasteiger partial charge on any atom is 0.191 e. The summed E-state index contributed by atoms with van der Waals surface area (Å²) in [6.07, 6.45) is 0. The van der Waals surface area contributed by atoms with E-state index in [1.165, 1.54) is 0 Å². The highest BCUT2D eigenvalue weighted by Crippen LogP contribution is 2.14. The van der Waals surface area contributed by atoms with Gasteiger partial charge in [0.25, 0.3) is 0 Å². The van der Waals surface area contributed by atoms with Crippen molar-refractivity contribution in [3.05, 3.63) is 16.8 Å². The van der Waals surface area contributed by atoms with Crippen molar-refractivity contribution in [2.24, 2.45) is 0 Å². The van der Waals surface area contributed by atoms with Crippen molar-refractivity contribution in [1.29, 1.82) is 0 Å². The molecule has 0 aromatic carbocycles. The van der Waals surface area contributed by atoms with Crippen molar-refractivity contribution in [3.8, 4) is 0 Å². The van der Waals surface area contributed by atoms with Gasteiger partial charge in [0.05, 0.1) is 0 Å². The summed E-state index contributed by atoms with van der Waals surface area (Å²) < 4.78 is 5.45. The molecule has 0 aliphatic carbocycles. The molecule has 1 heterocycles. The fourth-order valence-electron chi connectivity index (χ4n) is 0.328. The first-order valence-electron chi connectivity index (χ1n) is 1.80. The fourth-order valence-corrected chi connectivity index (χ4v) is 0.647. The zero-order valence-electron chi connectivity index (χ0n) is 3.52. The molecule has 0 spiro atoms. The summed E-state index contributed by atoms with van der Waals surface area (Å²) in [7, 11) is 0. The largest absolute Gasteiger partial charge is 0.434 e. The number of hydrogen-bond donors (Lipinski definition) is 1. The number of halogens is 1. The van der Waals surface area contributed by atoms with Gasteiger partial charge in [0.2, 0.25) is 0 Å². The Morgan fingerprint density at radius 3 is 2.43 bits per heavy atom. The highest BCUT2D eigenvalue weighted by atomic mass is 79.9. The minimum Gasteiger partial charge on any atom is -0.434 e. The first-order valence-corrected chi connectivity index (χ1v) is 2.59. The van der Waals surface area contributed by atoms with E-state index in [-0.39, 0.29) is 0 Å². The third-order valence-corrected chi connectivity index (χ3v) is 1.02. The second kappa shape index (κ2) is 1.58. The molecule has 0 amide bonds. The van der Waals surface area contributed by atoms with E-state index in [1.807, 2.05) is 0 Å². The molecule has 0 atom stereocenters. The van der Waals surface area contributed by atoms with Crippen molar-refractivity contribution in [1.82, 2.24) is 0 Å². The average Bonchev–Trinajstić information content (AvgIpc) is 1.87. The molecule has 0 fully saturated rings. The Balaban J connectivity index is 3.04. The molecule has 38 valence electrons. The first kappa shape index (κ1) is 4.71. The lowest BCUT2D eigenvalue weighted by molar-refractivity contribution is 0.561. The predicted molar refractivity (Wildman–Crippen MR) is 30.8 cm³/mol. The molecule has 3 heteroatoms. The minimum atomic E-state index is 0.437. The summed E-state index contributed by atoms with van der Waals surface area (Å²) in [5, 5.41) is 0. The molecule has 0 bridgehead atoms. The van der Waals surface area contributed by atoms with Crippen LogP contribution in [0, 0.1) is 0 Å². The van der Waals surface area contributed by atoms with E-state index in [2.05, 4.69) is 15.9 Å². The van der Waals surface area contributed by atoms with E-state index in [0.717, 1.165) is 0 Å². The lowest BCUT2D eigenvalue weighted by atomic mass is 10.6. The molecule has 1 rings (SSSR count). The van der Waals surface area contributed by atoms with Crippen LogP contribution in [0.2, 0.25) is 0 Å². The van der Waals surface area contributed by atoms with Crippen molar-refractivity contribution in [2.45, 2.75) is 0 Å². The van der Waals surface area contributed by atoms with Gasteiger partial charge in [0.15, 0.2) is 10.6 Å². The predicted octanol–water partition coefficient (Wildman–Crippen LogP) is 1.62. The molecule has 0 unspecified atom stereocenters. The van der Waals surface area contributed by atoms with Crippen molar-refractivity contribution < 1.29 is 4.42 Å². The lowest BCUT2D eigenvalue weighted by Gasteiger charge is -1.75. The Bertz CT molecular complexity index is 144. The van der Waals surface area contributed by atoms with Crippen LogP contribution in [0.15, 0.2) is 21.2 Å². The summed E-state index contributed by atoms with van der Waals surface area (Å²) in [6, 6.07) is 3.43. The minimum absolute atomic E-state index is 0.437. The number of anilines is 1. The van der Waals surface area contributed by atoms with Crippen LogP contribution in [0.1, 0.15) is 0 Å². The summed E-state index contributed by atoms with van der Waals surface area (Å²) in [5.74, 6) is 0.437. The monoisotopic (exact) mass is 161 g/mol. The molecule has 2 nitrogen and oxygen atoms in total. The summed E-state index contributed by atoms with van der Waals surface area (Å²) in [6.45, 7) is 0. The Morgan fingerprint density at radius 1 is 1.57 bits per heavy atom. The molecule has 0 radical (unpaired) electrons. The lowest BCUT2D eigenvalue weighted by Crippen LogP contribution is -1.74. The smallest absolute Gasteiger partial charge is 0.191 e. The van der Waals surface area contributed by atoms with E-state index in [9.17, 15) is 0 Å². The number of nitrogens with two attached hydrogens (primary N) is 1. The van der Waals surface area contributed by atoms with E-state index in [1.54, 1.807) is 12.1 Å². The third-order valence-electron chi connectivity index (χ3n) is 0.594. The van der Waals surface area contributed by atoms with Crippen LogP contribution < -0.4 is 5.73 Å². The van der Waals surface area contributed by atoms with Crippen molar-refractivity contribution in [2.75, 3.05) is 5.73 Å².